The number of likely N-dealkylation sites (tertiary alicyclic amines) is 1. The number of rotatable bonds is 3. The van der Waals surface area contributed by atoms with Crippen LogP contribution in [-0.4, -0.2) is 50.4 Å². The van der Waals surface area contributed by atoms with Gasteiger partial charge in [-0.1, -0.05) is 0 Å². The number of hydrogen-bond donors (Lipinski definition) is 1. The van der Waals surface area contributed by atoms with Gasteiger partial charge < -0.3 is 14.8 Å². The van der Waals surface area contributed by atoms with Crippen LogP contribution in [0.2, 0.25) is 0 Å². The second kappa shape index (κ2) is 5.63. The normalized spacial score (nSPS) is 26.6. The Hall–Kier alpha value is -1.24. The van der Waals surface area contributed by atoms with Crippen molar-refractivity contribution in [2.24, 2.45) is 0 Å². The van der Waals surface area contributed by atoms with E-state index < -0.39 is 11.6 Å². The number of fused-ring (bicyclic) bond motifs is 1. The Balaban J connectivity index is 1.76. The van der Waals surface area contributed by atoms with Gasteiger partial charge in [0.05, 0.1) is 19.8 Å². The van der Waals surface area contributed by atoms with Gasteiger partial charge in [-0.3, -0.25) is 4.90 Å². The van der Waals surface area contributed by atoms with E-state index in [-0.39, 0.29) is 17.7 Å². The fourth-order valence-electron chi connectivity index (χ4n) is 2.94. The van der Waals surface area contributed by atoms with Crippen LogP contribution in [0.4, 0.5) is 8.78 Å². The summed E-state index contributed by atoms with van der Waals surface area (Å²) in [6.45, 7) is 3.35. The first kappa shape index (κ1) is 13.7. The number of nitrogens with zero attached hydrogens (tertiary/aromatic N) is 1. The summed E-state index contributed by atoms with van der Waals surface area (Å²) in [5.41, 5.74) is 0.270. The van der Waals surface area contributed by atoms with Crippen molar-refractivity contribution in [3.63, 3.8) is 0 Å². The summed E-state index contributed by atoms with van der Waals surface area (Å²) in [6.07, 6.45) is 0.131. The van der Waals surface area contributed by atoms with Gasteiger partial charge in [0.1, 0.15) is 5.75 Å². The van der Waals surface area contributed by atoms with Crippen molar-refractivity contribution in [2.45, 2.75) is 18.7 Å². The molecule has 0 spiro atoms. The van der Waals surface area contributed by atoms with Crippen molar-refractivity contribution in [3.8, 4) is 5.75 Å². The molecule has 2 saturated heterocycles. The molecule has 2 heterocycles. The maximum Gasteiger partial charge on any atom is 0.167 e. The van der Waals surface area contributed by atoms with E-state index in [4.69, 9.17) is 9.47 Å². The molecule has 110 valence electrons. The molecule has 2 aliphatic heterocycles. The molecule has 4 nitrogen and oxygen atoms in total. The van der Waals surface area contributed by atoms with Crippen molar-refractivity contribution in [2.75, 3.05) is 33.4 Å². The van der Waals surface area contributed by atoms with Gasteiger partial charge in [-0.2, -0.15) is 0 Å². The minimum absolute atomic E-state index is 0.131. The summed E-state index contributed by atoms with van der Waals surface area (Å²) in [6, 6.07) is 2.82. The molecule has 0 bridgehead atoms. The minimum atomic E-state index is -0.841. The summed E-state index contributed by atoms with van der Waals surface area (Å²) in [7, 11) is 1.46. The molecule has 20 heavy (non-hydrogen) atoms. The molecule has 2 unspecified atom stereocenters. The van der Waals surface area contributed by atoms with Gasteiger partial charge in [-0.15, -0.1) is 0 Å². The fourth-order valence-corrected chi connectivity index (χ4v) is 2.94. The summed E-state index contributed by atoms with van der Waals surface area (Å²) >= 11 is 0. The highest BCUT2D eigenvalue weighted by molar-refractivity contribution is 5.35. The van der Waals surface area contributed by atoms with E-state index >= 15 is 0 Å². The standard InChI is InChI=1S/C14H18F2N2O2/c1-19-12-3-2-10(15)14(16)9(12)6-18-7-11-13(8-18)20-5-4-17-11/h2-3,11,13,17H,4-8H2,1H3. The van der Waals surface area contributed by atoms with Crippen LogP contribution in [-0.2, 0) is 11.3 Å². The number of morpholine rings is 1. The SMILES string of the molecule is COc1ccc(F)c(F)c1CN1CC2NCCOC2C1. The van der Waals surface area contributed by atoms with Crippen LogP contribution in [0.1, 0.15) is 5.56 Å². The maximum atomic E-state index is 13.9. The van der Waals surface area contributed by atoms with E-state index in [1.165, 1.54) is 13.2 Å². The predicted molar refractivity (Wildman–Crippen MR) is 69.7 cm³/mol. The molecule has 3 rings (SSSR count). The van der Waals surface area contributed by atoms with Crippen LogP contribution in [0.3, 0.4) is 0 Å². The van der Waals surface area contributed by atoms with Gasteiger partial charge in [-0.25, -0.2) is 8.78 Å². The highest BCUT2D eigenvalue weighted by atomic mass is 19.2. The van der Waals surface area contributed by atoms with Crippen molar-refractivity contribution < 1.29 is 18.3 Å². The summed E-state index contributed by atoms with van der Waals surface area (Å²) < 4.78 is 38.1. The van der Waals surface area contributed by atoms with Gasteiger partial charge in [0, 0.05) is 37.8 Å². The van der Waals surface area contributed by atoms with Crippen molar-refractivity contribution in [3.05, 3.63) is 29.3 Å². The van der Waals surface area contributed by atoms with E-state index in [2.05, 4.69) is 10.2 Å². The highest BCUT2D eigenvalue weighted by Crippen LogP contribution is 2.27. The molecule has 0 amide bonds. The third-order valence-corrected chi connectivity index (χ3v) is 3.94. The third kappa shape index (κ3) is 2.51. The molecular formula is C14H18F2N2O2. The largest absolute Gasteiger partial charge is 0.496 e. The quantitative estimate of drug-likeness (QED) is 0.903. The lowest BCUT2D eigenvalue weighted by atomic mass is 10.1. The first-order valence-electron chi connectivity index (χ1n) is 6.77. The van der Waals surface area contributed by atoms with E-state index in [1.54, 1.807) is 0 Å². The average Bonchev–Trinajstić information content (AvgIpc) is 2.86. The Morgan fingerprint density at radius 1 is 1.40 bits per heavy atom. The molecule has 2 aliphatic rings. The van der Waals surface area contributed by atoms with Gasteiger partial charge in [0.25, 0.3) is 0 Å². The Kier molecular flexibility index (Phi) is 3.87. The Bertz CT molecular complexity index is 484. The van der Waals surface area contributed by atoms with Gasteiger partial charge in [0.15, 0.2) is 11.6 Å². The summed E-state index contributed by atoms with van der Waals surface area (Å²) in [5.74, 6) is -1.28. The van der Waals surface area contributed by atoms with Crippen molar-refractivity contribution >= 4 is 0 Å². The zero-order valence-corrected chi connectivity index (χ0v) is 11.4. The Morgan fingerprint density at radius 3 is 3.00 bits per heavy atom. The first-order chi connectivity index (χ1) is 9.69. The van der Waals surface area contributed by atoms with E-state index in [1.807, 2.05) is 0 Å². The van der Waals surface area contributed by atoms with Gasteiger partial charge in [0.2, 0.25) is 0 Å². The van der Waals surface area contributed by atoms with Crippen molar-refractivity contribution in [1.29, 1.82) is 0 Å². The molecule has 0 radical (unpaired) electrons. The minimum Gasteiger partial charge on any atom is -0.496 e. The molecule has 2 atom stereocenters. The van der Waals surface area contributed by atoms with Crippen LogP contribution in [0.25, 0.3) is 0 Å². The Labute approximate surface area is 116 Å². The number of halogens is 2. The molecular weight excluding hydrogens is 266 g/mol. The van der Waals surface area contributed by atoms with Gasteiger partial charge >= 0.3 is 0 Å². The zero-order valence-electron chi connectivity index (χ0n) is 11.4. The molecule has 0 aliphatic carbocycles. The number of ether oxygens (including phenoxy) is 2. The molecule has 2 fully saturated rings. The molecule has 1 N–H and O–H groups in total. The van der Waals surface area contributed by atoms with Crippen LogP contribution < -0.4 is 10.1 Å². The monoisotopic (exact) mass is 284 g/mol. The molecule has 1 aromatic carbocycles. The van der Waals surface area contributed by atoms with Crippen LogP contribution in [0.15, 0.2) is 12.1 Å². The lowest BCUT2D eigenvalue weighted by Crippen LogP contribution is -2.47. The predicted octanol–water partition coefficient (Wildman–Crippen LogP) is 1.15. The van der Waals surface area contributed by atoms with E-state index in [0.29, 0.717) is 18.9 Å². The first-order valence-corrected chi connectivity index (χ1v) is 6.77. The van der Waals surface area contributed by atoms with Crippen LogP contribution >= 0.6 is 0 Å². The van der Waals surface area contributed by atoms with Crippen LogP contribution in [0, 0.1) is 11.6 Å². The lowest BCUT2D eigenvalue weighted by molar-refractivity contribution is 0.0175. The molecule has 0 aromatic heterocycles. The van der Waals surface area contributed by atoms with E-state index in [9.17, 15) is 8.78 Å². The molecule has 6 heteroatoms. The van der Waals surface area contributed by atoms with E-state index in [0.717, 1.165) is 25.7 Å². The second-order valence-electron chi connectivity index (χ2n) is 5.21. The number of hydrogen-bond acceptors (Lipinski definition) is 4. The molecule has 1 aromatic rings. The summed E-state index contributed by atoms with van der Waals surface area (Å²) in [4.78, 5) is 2.06. The number of benzene rings is 1. The smallest absolute Gasteiger partial charge is 0.167 e. The van der Waals surface area contributed by atoms with Crippen molar-refractivity contribution in [1.82, 2.24) is 10.2 Å². The average molecular weight is 284 g/mol. The zero-order chi connectivity index (χ0) is 14.1. The second-order valence-corrected chi connectivity index (χ2v) is 5.21. The highest BCUT2D eigenvalue weighted by Gasteiger charge is 2.35. The van der Waals surface area contributed by atoms with Crippen LogP contribution in [0.5, 0.6) is 5.75 Å². The number of methoxy groups -OCH3 is 1. The van der Waals surface area contributed by atoms with Gasteiger partial charge in [-0.05, 0) is 12.1 Å². The summed E-state index contributed by atoms with van der Waals surface area (Å²) in [5, 5.41) is 3.39. The fraction of sp³-hybridized carbons (Fsp3) is 0.571. The molecule has 0 saturated carbocycles. The third-order valence-electron chi connectivity index (χ3n) is 3.94. The lowest BCUT2D eigenvalue weighted by Gasteiger charge is -2.25. The number of nitrogens with one attached hydrogen (secondary N) is 1. The topological polar surface area (TPSA) is 33.7 Å². The maximum absolute atomic E-state index is 13.9. The Morgan fingerprint density at radius 2 is 2.25 bits per heavy atom.